The Balaban J connectivity index is 1.37. The highest BCUT2D eigenvalue weighted by atomic mass is 16.6. The van der Waals surface area contributed by atoms with Gasteiger partial charge in [0.25, 0.3) is 0 Å². The summed E-state index contributed by atoms with van der Waals surface area (Å²) in [6, 6.07) is 14.9. The van der Waals surface area contributed by atoms with E-state index in [2.05, 4.69) is 5.32 Å². The number of ketones is 1. The van der Waals surface area contributed by atoms with Crippen LogP contribution in [0.2, 0.25) is 0 Å². The molecule has 3 N–H and O–H groups in total. The molecule has 1 aliphatic heterocycles. The molecule has 0 radical (unpaired) electrons. The Morgan fingerprint density at radius 3 is 2.13 bits per heavy atom. The van der Waals surface area contributed by atoms with Gasteiger partial charge in [0.2, 0.25) is 0 Å². The minimum atomic E-state index is -2.25. The number of ether oxygens (including phenoxy) is 6. The number of hydrogen-bond donors (Lipinski definition) is 3. The van der Waals surface area contributed by atoms with E-state index in [1.807, 2.05) is 0 Å². The number of rotatable bonds is 9. The Bertz CT molecular complexity index is 2110. The standard InChI is InChI=1S/C45H53NO14/c1-23-29(57-39(52)33(49)32(26-15-11-9-12-16-26)46-40(53)60-41(4,5)6)21-45(54)37(58-38(51)27-17-13-10-14-18-27)35-43(36(50)34(56-24(2)47)31(23)42(45,7)8)20-28(43)19-30-44(35,22-55-30)59-25(3)48/h9-18,28,30-35,37,49,54H,19-22H2,1-8H3,(H,46,53)/t28-,30-,31?,32+,33-,34-,35+,37+,43-,44+,45-/m1/s1. The van der Waals surface area contributed by atoms with Gasteiger partial charge in [-0.05, 0) is 69.7 Å². The van der Waals surface area contributed by atoms with Gasteiger partial charge < -0.3 is 44.0 Å². The highest BCUT2D eigenvalue weighted by Crippen LogP contribution is 2.75. The first kappa shape index (κ1) is 43.0. The van der Waals surface area contributed by atoms with Crippen molar-refractivity contribution in [1.82, 2.24) is 5.32 Å². The highest BCUT2D eigenvalue weighted by Gasteiger charge is 2.84. The summed E-state index contributed by atoms with van der Waals surface area (Å²) < 4.78 is 36.0. The number of hydrogen-bond acceptors (Lipinski definition) is 14. The Morgan fingerprint density at radius 2 is 1.57 bits per heavy atom. The minimum Gasteiger partial charge on any atom is -0.455 e. The van der Waals surface area contributed by atoms with Gasteiger partial charge in [-0.15, -0.1) is 0 Å². The Labute approximate surface area is 348 Å². The molecule has 322 valence electrons. The molecule has 1 amide bonds. The second-order valence-corrected chi connectivity index (χ2v) is 18.4. The van der Waals surface area contributed by atoms with Crippen LogP contribution in [-0.2, 0) is 47.6 Å². The topological polar surface area (TPSA) is 210 Å². The van der Waals surface area contributed by atoms with Crippen LogP contribution in [0.5, 0.6) is 0 Å². The number of fused-ring (bicyclic) bond motifs is 4. The maximum atomic E-state index is 15.5. The Hall–Kier alpha value is -5.12. The lowest BCUT2D eigenvalue weighted by molar-refractivity contribution is -0.326. The summed E-state index contributed by atoms with van der Waals surface area (Å²) in [6.07, 6.45) is -6.76. The lowest BCUT2D eigenvalue weighted by Gasteiger charge is -2.64. The van der Waals surface area contributed by atoms with E-state index in [0.717, 1.165) is 6.92 Å². The van der Waals surface area contributed by atoms with Crippen molar-refractivity contribution >= 4 is 35.8 Å². The van der Waals surface area contributed by atoms with E-state index in [1.165, 1.54) is 19.1 Å². The number of esters is 4. The van der Waals surface area contributed by atoms with Crippen LogP contribution in [0.15, 0.2) is 72.0 Å². The average Bonchev–Trinajstić information content (AvgIpc) is 3.90. The maximum absolute atomic E-state index is 15.5. The van der Waals surface area contributed by atoms with Gasteiger partial charge in [0, 0.05) is 37.0 Å². The molecular weight excluding hydrogens is 778 g/mol. The van der Waals surface area contributed by atoms with Crippen LogP contribution >= 0.6 is 0 Å². The van der Waals surface area contributed by atoms with Crippen molar-refractivity contribution in [3.05, 3.63) is 83.1 Å². The van der Waals surface area contributed by atoms with Crippen LogP contribution in [0.1, 0.15) is 96.6 Å². The fourth-order valence-corrected chi connectivity index (χ4v) is 10.5. The molecular formula is C45H53NO14. The third kappa shape index (κ3) is 7.07. The molecule has 2 bridgehead atoms. The molecule has 3 saturated carbocycles. The monoisotopic (exact) mass is 831 g/mol. The summed E-state index contributed by atoms with van der Waals surface area (Å²) in [5.41, 5.74) is -6.85. The average molecular weight is 832 g/mol. The van der Waals surface area contributed by atoms with Crippen molar-refractivity contribution in [1.29, 1.82) is 0 Å². The number of alkyl carbamates (subject to hydrolysis) is 1. The van der Waals surface area contributed by atoms with Crippen molar-refractivity contribution < 1.29 is 67.4 Å². The molecule has 4 aliphatic carbocycles. The molecule has 1 spiro atoms. The summed E-state index contributed by atoms with van der Waals surface area (Å²) in [6.45, 7) is 12.1. The number of aliphatic hydroxyl groups excluding tert-OH is 1. The summed E-state index contributed by atoms with van der Waals surface area (Å²) in [4.78, 5) is 82.8. The normalized spacial score (nSPS) is 33.3. The smallest absolute Gasteiger partial charge is 0.408 e. The summed E-state index contributed by atoms with van der Waals surface area (Å²) in [5, 5.41) is 27.9. The van der Waals surface area contributed by atoms with Gasteiger partial charge in [0.15, 0.2) is 23.6 Å². The van der Waals surface area contributed by atoms with Gasteiger partial charge in [0.1, 0.15) is 29.2 Å². The largest absolute Gasteiger partial charge is 0.455 e. The number of carbonyl (C=O) groups is 6. The molecule has 5 aliphatic rings. The van der Waals surface area contributed by atoms with E-state index >= 15 is 4.79 Å². The van der Waals surface area contributed by atoms with Crippen LogP contribution in [0, 0.1) is 28.6 Å². The molecule has 11 atom stereocenters. The summed E-state index contributed by atoms with van der Waals surface area (Å²) in [7, 11) is 0. The van der Waals surface area contributed by atoms with E-state index in [4.69, 9.17) is 28.4 Å². The van der Waals surface area contributed by atoms with Crippen molar-refractivity contribution in [2.75, 3.05) is 6.61 Å². The number of amides is 1. The number of nitrogens with one attached hydrogen (secondary N) is 1. The van der Waals surface area contributed by atoms with E-state index in [-0.39, 0.29) is 35.8 Å². The highest BCUT2D eigenvalue weighted by molar-refractivity contribution is 5.96. The number of aliphatic hydroxyl groups is 2. The number of Topliss-reactive ketones (excluding diaryl/α,β-unsaturated/α-hetero) is 1. The molecule has 4 fully saturated rings. The zero-order chi connectivity index (χ0) is 43.7. The van der Waals surface area contributed by atoms with Gasteiger partial charge in [-0.2, -0.15) is 0 Å². The van der Waals surface area contributed by atoms with Crippen molar-refractivity contribution in [2.45, 2.75) is 122 Å². The van der Waals surface area contributed by atoms with Crippen LogP contribution < -0.4 is 5.32 Å². The number of carbonyl (C=O) groups excluding carboxylic acids is 6. The Kier molecular flexibility index (Phi) is 10.8. The first-order valence-corrected chi connectivity index (χ1v) is 20.2. The van der Waals surface area contributed by atoms with Gasteiger partial charge >= 0.3 is 30.0 Å². The van der Waals surface area contributed by atoms with Gasteiger partial charge in [-0.25, -0.2) is 14.4 Å². The number of benzene rings is 2. The molecule has 15 heteroatoms. The van der Waals surface area contributed by atoms with E-state index in [1.54, 1.807) is 90.1 Å². The lowest BCUT2D eigenvalue weighted by Crippen LogP contribution is -2.78. The quantitative estimate of drug-likeness (QED) is 0.232. The molecule has 1 saturated heterocycles. The fraction of sp³-hybridized carbons (Fsp3) is 0.556. The third-order valence-corrected chi connectivity index (χ3v) is 13.3. The second kappa shape index (κ2) is 15.1. The third-order valence-electron chi connectivity index (χ3n) is 13.3. The summed E-state index contributed by atoms with van der Waals surface area (Å²) >= 11 is 0. The van der Waals surface area contributed by atoms with Crippen molar-refractivity contribution in [2.24, 2.45) is 28.6 Å². The molecule has 15 nitrogen and oxygen atoms in total. The van der Waals surface area contributed by atoms with Gasteiger partial charge in [-0.1, -0.05) is 62.4 Å². The predicted molar refractivity (Wildman–Crippen MR) is 209 cm³/mol. The molecule has 1 heterocycles. The SMILES string of the molecule is CC(=O)O[C@H]1C(=O)[C@]23C[C@H]2C[C@H]2OC[C@@]2(OC(C)=O)[C@H]3[C@H](OC(=O)c2ccccc2)[C@]2(O)CC(OC(=O)[C@H](O)[C@@H](NC(=O)OC(C)(C)C)c3ccccc3)=C(C)C1C2(C)C. The van der Waals surface area contributed by atoms with E-state index < -0.39 is 112 Å². The molecule has 60 heavy (non-hydrogen) atoms. The second-order valence-electron chi connectivity index (χ2n) is 18.4. The zero-order valence-corrected chi connectivity index (χ0v) is 35.0. The molecule has 2 aromatic rings. The van der Waals surface area contributed by atoms with Gasteiger partial charge in [-0.3, -0.25) is 14.4 Å². The lowest BCUT2D eigenvalue weighted by atomic mass is 9.47. The fourth-order valence-electron chi connectivity index (χ4n) is 10.5. The first-order valence-electron chi connectivity index (χ1n) is 20.2. The van der Waals surface area contributed by atoms with Gasteiger partial charge in [0.05, 0.1) is 24.1 Å². The maximum Gasteiger partial charge on any atom is 0.408 e. The van der Waals surface area contributed by atoms with Crippen LogP contribution in [-0.4, -0.2) is 93.8 Å². The van der Waals surface area contributed by atoms with Crippen molar-refractivity contribution in [3.63, 3.8) is 0 Å². The molecule has 0 aromatic heterocycles. The van der Waals surface area contributed by atoms with Crippen LogP contribution in [0.4, 0.5) is 4.79 Å². The molecule has 7 rings (SSSR count). The first-order chi connectivity index (χ1) is 28.1. The molecule has 1 unspecified atom stereocenters. The summed E-state index contributed by atoms with van der Waals surface area (Å²) in [5.74, 6) is -6.99. The molecule has 2 aromatic carbocycles. The van der Waals surface area contributed by atoms with Crippen molar-refractivity contribution in [3.8, 4) is 0 Å². The van der Waals surface area contributed by atoms with Crippen LogP contribution in [0.3, 0.4) is 0 Å². The van der Waals surface area contributed by atoms with Crippen LogP contribution in [0.25, 0.3) is 0 Å². The zero-order valence-electron chi connectivity index (χ0n) is 35.0. The minimum absolute atomic E-state index is 0.142. The van der Waals surface area contributed by atoms with E-state index in [9.17, 15) is 34.2 Å². The van der Waals surface area contributed by atoms with E-state index in [0.29, 0.717) is 12.0 Å². The Morgan fingerprint density at radius 1 is 0.933 bits per heavy atom. The predicted octanol–water partition coefficient (Wildman–Crippen LogP) is 4.67.